The summed E-state index contributed by atoms with van der Waals surface area (Å²) >= 11 is 0. The summed E-state index contributed by atoms with van der Waals surface area (Å²) in [6, 6.07) is 5.28. The Kier molecular flexibility index (Phi) is 4.41. The highest BCUT2D eigenvalue weighted by Crippen LogP contribution is 2.21. The van der Waals surface area contributed by atoms with Crippen molar-refractivity contribution >= 4 is 15.7 Å². The first-order valence-corrected chi connectivity index (χ1v) is 7.83. The summed E-state index contributed by atoms with van der Waals surface area (Å²) in [4.78, 5) is 0.286. The van der Waals surface area contributed by atoms with Gasteiger partial charge in [0.1, 0.15) is 0 Å². The topological polar surface area (TPSA) is 86.9 Å². The highest BCUT2D eigenvalue weighted by Gasteiger charge is 2.18. The Morgan fingerprint density at radius 1 is 1.35 bits per heavy atom. The van der Waals surface area contributed by atoms with Crippen molar-refractivity contribution in [1.29, 1.82) is 0 Å². The number of sulfonamides is 1. The molecule has 0 aliphatic rings. The molecule has 2 aromatic rings. The van der Waals surface area contributed by atoms with Gasteiger partial charge in [-0.25, -0.2) is 8.42 Å². The smallest absolute Gasteiger partial charge is 0.262 e. The van der Waals surface area contributed by atoms with E-state index in [1.54, 1.807) is 12.1 Å². The molecule has 0 saturated carbocycles. The van der Waals surface area contributed by atoms with E-state index in [9.17, 15) is 8.42 Å². The number of nitrogens with one attached hydrogen (secondary N) is 3. The summed E-state index contributed by atoms with van der Waals surface area (Å²) in [5, 5.41) is 9.49. The lowest BCUT2D eigenvalue weighted by Gasteiger charge is -2.12. The zero-order valence-corrected chi connectivity index (χ0v) is 12.3. The molecule has 20 heavy (non-hydrogen) atoms. The van der Waals surface area contributed by atoms with Crippen LogP contribution >= 0.6 is 0 Å². The maximum absolute atomic E-state index is 12.4. The van der Waals surface area contributed by atoms with E-state index >= 15 is 0 Å². The lowest BCUT2D eigenvalue weighted by atomic mass is 10.1. The van der Waals surface area contributed by atoms with Gasteiger partial charge in [-0.2, -0.15) is 5.10 Å². The third kappa shape index (κ3) is 3.17. The molecule has 6 nitrogen and oxygen atoms in total. The minimum atomic E-state index is -3.60. The van der Waals surface area contributed by atoms with Crippen LogP contribution in [-0.2, 0) is 16.6 Å². The molecule has 2 rings (SSSR count). The number of H-pyrrole nitrogens is 1. The molecule has 1 aromatic carbocycles. The van der Waals surface area contributed by atoms with Gasteiger partial charge in [-0.3, -0.25) is 9.82 Å². The number of aromatic nitrogens is 2. The van der Waals surface area contributed by atoms with Crippen molar-refractivity contribution in [3.63, 3.8) is 0 Å². The minimum absolute atomic E-state index is 0.286. The number of rotatable bonds is 6. The van der Waals surface area contributed by atoms with Crippen LogP contribution in [0, 0.1) is 6.92 Å². The molecule has 0 radical (unpaired) electrons. The molecular formula is C13H18N4O2S. The van der Waals surface area contributed by atoms with Crippen LogP contribution in [0.25, 0.3) is 0 Å². The maximum Gasteiger partial charge on any atom is 0.262 e. The van der Waals surface area contributed by atoms with Gasteiger partial charge in [0.25, 0.3) is 10.0 Å². The Balaban J connectivity index is 2.32. The van der Waals surface area contributed by atoms with Crippen molar-refractivity contribution in [3.8, 4) is 0 Å². The molecule has 108 valence electrons. The van der Waals surface area contributed by atoms with E-state index in [-0.39, 0.29) is 4.90 Å². The molecule has 1 aromatic heterocycles. The van der Waals surface area contributed by atoms with Gasteiger partial charge >= 0.3 is 0 Å². The summed E-state index contributed by atoms with van der Waals surface area (Å²) in [7, 11) is -3.60. The monoisotopic (exact) mass is 294 g/mol. The Morgan fingerprint density at radius 2 is 2.15 bits per heavy atom. The fraction of sp³-hybridized carbons (Fsp3) is 0.308. The van der Waals surface area contributed by atoms with E-state index in [0.717, 1.165) is 17.7 Å². The van der Waals surface area contributed by atoms with Crippen molar-refractivity contribution in [2.45, 2.75) is 25.3 Å². The summed E-state index contributed by atoms with van der Waals surface area (Å²) in [5.41, 5.74) is 2.15. The van der Waals surface area contributed by atoms with E-state index in [1.165, 1.54) is 12.4 Å². The second-order valence-electron chi connectivity index (χ2n) is 4.41. The Labute approximate surface area is 118 Å². The van der Waals surface area contributed by atoms with Crippen LogP contribution in [0.1, 0.15) is 18.1 Å². The fourth-order valence-corrected chi connectivity index (χ4v) is 3.24. The van der Waals surface area contributed by atoms with Crippen LogP contribution in [0.5, 0.6) is 0 Å². The number of nitrogens with zero attached hydrogens (tertiary/aromatic N) is 1. The average Bonchev–Trinajstić information content (AvgIpc) is 2.89. The van der Waals surface area contributed by atoms with Crippen LogP contribution in [0.3, 0.4) is 0 Å². The fourth-order valence-electron chi connectivity index (χ4n) is 1.92. The van der Waals surface area contributed by atoms with Gasteiger partial charge in [-0.05, 0) is 30.7 Å². The Bertz CT molecular complexity index is 666. The molecular weight excluding hydrogens is 276 g/mol. The summed E-state index contributed by atoms with van der Waals surface area (Å²) < 4.78 is 27.2. The largest absolute Gasteiger partial charge is 0.313 e. The molecule has 7 heteroatoms. The first-order chi connectivity index (χ1) is 9.54. The van der Waals surface area contributed by atoms with Crippen LogP contribution in [-0.4, -0.2) is 25.2 Å². The number of hydrogen-bond acceptors (Lipinski definition) is 4. The number of anilines is 1. The molecule has 0 amide bonds. The molecule has 0 saturated heterocycles. The van der Waals surface area contributed by atoms with Crippen LogP contribution < -0.4 is 10.0 Å². The standard InChI is InChI=1S/C13H18N4O2S/c1-3-14-7-11-5-4-6-13(10(11)2)20(18,19)17-12-8-15-16-9-12/h4-6,8-9,14,17H,3,7H2,1-2H3,(H,15,16). The van der Waals surface area contributed by atoms with Crippen LogP contribution in [0.2, 0.25) is 0 Å². The summed E-state index contributed by atoms with van der Waals surface area (Å²) in [6.45, 7) is 5.31. The molecule has 0 fully saturated rings. The van der Waals surface area contributed by atoms with Gasteiger partial charge in [0, 0.05) is 12.7 Å². The van der Waals surface area contributed by atoms with E-state index in [4.69, 9.17) is 0 Å². The SMILES string of the molecule is CCNCc1cccc(S(=O)(=O)Nc2cn[nH]c2)c1C. The van der Waals surface area contributed by atoms with Crippen molar-refractivity contribution < 1.29 is 8.42 Å². The molecule has 0 aliphatic carbocycles. The first kappa shape index (κ1) is 14.5. The highest BCUT2D eigenvalue weighted by molar-refractivity contribution is 7.92. The Hall–Kier alpha value is -1.86. The second-order valence-corrected chi connectivity index (χ2v) is 6.06. The molecule has 0 aliphatic heterocycles. The average molecular weight is 294 g/mol. The van der Waals surface area contributed by atoms with Gasteiger partial charge in [0.15, 0.2) is 0 Å². The third-order valence-electron chi connectivity index (χ3n) is 3.00. The molecule has 0 spiro atoms. The van der Waals surface area contributed by atoms with Gasteiger partial charge in [0.05, 0.1) is 16.8 Å². The van der Waals surface area contributed by atoms with E-state index in [0.29, 0.717) is 12.2 Å². The third-order valence-corrected chi connectivity index (χ3v) is 4.53. The zero-order chi connectivity index (χ0) is 14.6. The molecule has 0 atom stereocenters. The highest BCUT2D eigenvalue weighted by atomic mass is 32.2. The van der Waals surface area contributed by atoms with Gasteiger partial charge in [-0.15, -0.1) is 0 Å². The lowest BCUT2D eigenvalue weighted by molar-refractivity contribution is 0.600. The summed E-state index contributed by atoms with van der Waals surface area (Å²) in [6.07, 6.45) is 2.92. The first-order valence-electron chi connectivity index (χ1n) is 6.35. The van der Waals surface area contributed by atoms with Crippen LogP contribution in [0.15, 0.2) is 35.5 Å². The number of aromatic amines is 1. The lowest BCUT2D eigenvalue weighted by Crippen LogP contribution is -2.17. The number of benzene rings is 1. The van der Waals surface area contributed by atoms with Gasteiger partial charge in [0.2, 0.25) is 0 Å². The zero-order valence-electron chi connectivity index (χ0n) is 11.5. The van der Waals surface area contributed by atoms with E-state index in [2.05, 4.69) is 20.2 Å². The predicted octanol–water partition coefficient (Wildman–Crippen LogP) is 1.63. The normalized spacial score (nSPS) is 11.5. The molecule has 1 heterocycles. The van der Waals surface area contributed by atoms with Crippen molar-refractivity contribution in [1.82, 2.24) is 15.5 Å². The summed E-state index contributed by atoms with van der Waals surface area (Å²) in [5.74, 6) is 0. The van der Waals surface area contributed by atoms with E-state index < -0.39 is 10.0 Å². The van der Waals surface area contributed by atoms with Gasteiger partial charge in [-0.1, -0.05) is 19.1 Å². The van der Waals surface area contributed by atoms with Crippen molar-refractivity contribution in [2.24, 2.45) is 0 Å². The quantitative estimate of drug-likeness (QED) is 0.755. The Morgan fingerprint density at radius 3 is 2.80 bits per heavy atom. The number of hydrogen-bond donors (Lipinski definition) is 3. The van der Waals surface area contributed by atoms with E-state index in [1.807, 2.05) is 19.9 Å². The molecule has 3 N–H and O–H groups in total. The maximum atomic E-state index is 12.4. The molecule has 0 bridgehead atoms. The van der Waals surface area contributed by atoms with Gasteiger partial charge < -0.3 is 5.32 Å². The van der Waals surface area contributed by atoms with Crippen LogP contribution in [0.4, 0.5) is 5.69 Å². The minimum Gasteiger partial charge on any atom is -0.313 e. The van der Waals surface area contributed by atoms with Crippen molar-refractivity contribution in [2.75, 3.05) is 11.3 Å². The molecule has 0 unspecified atom stereocenters. The predicted molar refractivity (Wildman–Crippen MR) is 78.0 cm³/mol. The second kappa shape index (κ2) is 6.06. The van der Waals surface area contributed by atoms with Crippen molar-refractivity contribution in [3.05, 3.63) is 41.7 Å².